The number of benzene rings is 1. The smallest absolute Gasteiger partial charge is 0.270 e. The molecule has 0 radical (unpaired) electrons. The maximum Gasteiger partial charge on any atom is 0.270 e. The summed E-state index contributed by atoms with van der Waals surface area (Å²) in [5.74, 6) is 0.751. The van der Waals surface area contributed by atoms with Crippen molar-refractivity contribution in [1.29, 1.82) is 5.26 Å². The van der Waals surface area contributed by atoms with Gasteiger partial charge in [0.25, 0.3) is 5.69 Å². The first-order valence-electron chi connectivity index (χ1n) is 9.07. The lowest BCUT2D eigenvalue weighted by Gasteiger charge is -2.38. The highest BCUT2D eigenvalue weighted by Crippen LogP contribution is 2.28. The molecule has 3 aromatic rings. The fraction of sp³-hybridized carbons (Fsp3) is 0.300. The predicted molar refractivity (Wildman–Crippen MR) is 110 cm³/mol. The van der Waals surface area contributed by atoms with E-state index in [4.69, 9.17) is 0 Å². The van der Waals surface area contributed by atoms with Crippen molar-refractivity contribution in [3.63, 3.8) is 0 Å². The van der Waals surface area contributed by atoms with Crippen molar-refractivity contribution in [2.24, 2.45) is 0 Å². The predicted octanol–water partition coefficient (Wildman–Crippen LogP) is 3.96. The van der Waals surface area contributed by atoms with Gasteiger partial charge in [0.05, 0.1) is 22.1 Å². The number of nitro groups is 1. The molecular weight excluding hydrogens is 374 g/mol. The highest BCUT2D eigenvalue weighted by molar-refractivity contribution is 7.07. The zero-order chi connectivity index (χ0) is 19.7. The van der Waals surface area contributed by atoms with Gasteiger partial charge >= 0.3 is 0 Å². The van der Waals surface area contributed by atoms with E-state index < -0.39 is 4.92 Å². The Morgan fingerprint density at radius 2 is 2.04 bits per heavy atom. The van der Waals surface area contributed by atoms with E-state index in [0.29, 0.717) is 22.5 Å². The number of piperazine rings is 1. The molecule has 1 aliphatic rings. The Labute approximate surface area is 166 Å². The van der Waals surface area contributed by atoms with Crippen LogP contribution in [0.25, 0.3) is 10.9 Å². The van der Waals surface area contributed by atoms with Crippen LogP contribution in [0, 0.1) is 21.4 Å². The summed E-state index contributed by atoms with van der Waals surface area (Å²) < 4.78 is 0. The highest BCUT2D eigenvalue weighted by Gasteiger charge is 2.24. The van der Waals surface area contributed by atoms with Crippen molar-refractivity contribution in [1.82, 2.24) is 9.88 Å². The Morgan fingerprint density at radius 1 is 1.25 bits per heavy atom. The van der Waals surface area contributed by atoms with Gasteiger partial charge in [-0.15, -0.1) is 0 Å². The summed E-state index contributed by atoms with van der Waals surface area (Å²) in [6, 6.07) is 10.9. The van der Waals surface area contributed by atoms with Gasteiger partial charge in [0.1, 0.15) is 5.82 Å². The molecule has 1 aliphatic heterocycles. The van der Waals surface area contributed by atoms with E-state index in [2.05, 4.69) is 44.6 Å². The number of non-ortho nitro benzene ring substituents is 1. The molecule has 0 aliphatic carbocycles. The summed E-state index contributed by atoms with van der Waals surface area (Å²) >= 11 is 1.72. The van der Waals surface area contributed by atoms with Crippen LogP contribution in [-0.4, -0.2) is 41.0 Å². The molecule has 0 spiro atoms. The second-order valence-corrected chi connectivity index (χ2v) is 7.63. The molecular formula is C20H19N5O2S. The zero-order valence-corrected chi connectivity index (χ0v) is 16.2. The number of anilines is 1. The average Bonchev–Trinajstić information content (AvgIpc) is 3.27. The van der Waals surface area contributed by atoms with Crippen LogP contribution >= 0.6 is 11.3 Å². The van der Waals surface area contributed by atoms with Crippen molar-refractivity contribution in [2.45, 2.75) is 13.0 Å². The molecule has 0 bridgehead atoms. The number of hydrogen-bond donors (Lipinski definition) is 0. The number of nitrogens with zero attached hydrogens (tertiary/aromatic N) is 5. The molecule has 142 valence electrons. The molecule has 3 heterocycles. The molecule has 0 N–H and O–H groups in total. The van der Waals surface area contributed by atoms with Gasteiger partial charge in [0.2, 0.25) is 0 Å². The van der Waals surface area contributed by atoms with Gasteiger partial charge in [0.15, 0.2) is 0 Å². The quantitative estimate of drug-likeness (QED) is 0.493. The van der Waals surface area contributed by atoms with Gasteiger partial charge in [-0.1, -0.05) is 0 Å². The van der Waals surface area contributed by atoms with E-state index in [-0.39, 0.29) is 5.69 Å². The van der Waals surface area contributed by atoms with E-state index >= 15 is 0 Å². The minimum atomic E-state index is -0.456. The van der Waals surface area contributed by atoms with E-state index in [1.807, 2.05) is 0 Å². The Kier molecular flexibility index (Phi) is 4.94. The first-order valence-corrected chi connectivity index (χ1v) is 10.0. The number of nitriles is 1. The second-order valence-electron chi connectivity index (χ2n) is 6.85. The van der Waals surface area contributed by atoms with Crippen molar-refractivity contribution >= 4 is 33.7 Å². The van der Waals surface area contributed by atoms with Crippen LogP contribution in [0.1, 0.15) is 24.1 Å². The van der Waals surface area contributed by atoms with Crippen LogP contribution < -0.4 is 4.90 Å². The number of aromatic nitrogens is 1. The van der Waals surface area contributed by atoms with E-state index in [1.165, 1.54) is 17.7 Å². The van der Waals surface area contributed by atoms with Crippen molar-refractivity contribution in [2.75, 3.05) is 31.1 Å². The van der Waals surface area contributed by atoms with Crippen LogP contribution in [0.15, 0.2) is 41.1 Å². The van der Waals surface area contributed by atoms with Crippen molar-refractivity contribution in [3.8, 4) is 6.07 Å². The second kappa shape index (κ2) is 7.54. The summed E-state index contributed by atoms with van der Waals surface area (Å²) in [4.78, 5) is 19.9. The third-order valence-electron chi connectivity index (χ3n) is 5.32. The SMILES string of the molecule is CC(c1ccsc1)N1CCN(c2cc(C#N)c3cc([N+](=O)[O-])ccc3n2)CC1. The number of hydrogen-bond acceptors (Lipinski definition) is 7. The van der Waals surface area contributed by atoms with Gasteiger partial charge in [0, 0.05) is 49.7 Å². The number of fused-ring (bicyclic) bond motifs is 1. The third kappa shape index (κ3) is 3.42. The minimum absolute atomic E-state index is 0.0328. The molecule has 1 unspecified atom stereocenters. The zero-order valence-electron chi connectivity index (χ0n) is 15.4. The van der Waals surface area contributed by atoms with E-state index in [1.54, 1.807) is 23.5 Å². The lowest BCUT2D eigenvalue weighted by Crippen LogP contribution is -2.47. The molecule has 1 fully saturated rings. The van der Waals surface area contributed by atoms with Gasteiger partial charge in [-0.2, -0.15) is 16.6 Å². The number of rotatable bonds is 4. The minimum Gasteiger partial charge on any atom is -0.354 e. The topological polar surface area (TPSA) is 86.3 Å². The standard InChI is InChI=1S/C20H19N5O2S/c1-14(15-4-9-28-13-15)23-5-7-24(8-6-23)20-10-16(12-21)18-11-17(25(26)27)2-3-19(18)22-20/h2-4,9-11,13-14H,5-8H2,1H3. The molecule has 7 nitrogen and oxygen atoms in total. The average molecular weight is 393 g/mol. The van der Waals surface area contributed by atoms with Crippen LogP contribution in [0.4, 0.5) is 11.5 Å². The van der Waals surface area contributed by atoms with Gasteiger partial charge < -0.3 is 4.90 Å². The third-order valence-corrected chi connectivity index (χ3v) is 6.02. The largest absolute Gasteiger partial charge is 0.354 e. The molecule has 1 aromatic carbocycles. The van der Waals surface area contributed by atoms with E-state index in [0.717, 1.165) is 32.0 Å². The molecule has 1 saturated heterocycles. The summed E-state index contributed by atoms with van der Waals surface area (Å²) in [5, 5.41) is 25.4. The van der Waals surface area contributed by atoms with Crippen LogP contribution in [0.2, 0.25) is 0 Å². The normalized spacial score (nSPS) is 16.1. The Morgan fingerprint density at radius 3 is 2.68 bits per heavy atom. The van der Waals surface area contributed by atoms with Crippen LogP contribution in [0.5, 0.6) is 0 Å². The lowest BCUT2D eigenvalue weighted by atomic mass is 10.1. The Hall–Kier alpha value is -3.02. The summed E-state index contributed by atoms with van der Waals surface area (Å²) in [6.07, 6.45) is 0. The highest BCUT2D eigenvalue weighted by atomic mass is 32.1. The molecule has 4 rings (SSSR count). The summed E-state index contributed by atoms with van der Waals surface area (Å²) in [5.41, 5.74) is 2.33. The Balaban J connectivity index is 1.56. The maximum atomic E-state index is 11.0. The number of pyridine rings is 1. The fourth-order valence-corrected chi connectivity index (χ4v) is 4.38. The Bertz CT molecular complexity index is 1050. The number of nitro benzene ring substituents is 1. The first-order chi connectivity index (χ1) is 13.6. The van der Waals surface area contributed by atoms with Crippen LogP contribution in [0.3, 0.4) is 0 Å². The first kappa shape index (κ1) is 18.3. The molecule has 28 heavy (non-hydrogen) atoms. The van der Waals surface area contributed by atoms with Crippen LogP contribution in [-0.2, 0) is 0 Å². The van der Waals surface area contributed by atoms with E-state index in [9.17, 15) is 15.4 Å². The molecule has 0 saturated carbocycles. The van der Waals surface area contributed by atoms with Gasteiger partial charge in [-0.25, -0.2) is 4.98 Å². The number of thiophene rings is 1. The summed E-state index contributed by atoms with van der Waals surface area (Å²) in [6.45, 7) is 5.71. The van der Waals surface area contributed by atoms with Gasteiger partial charge in [-0.05, 0) is 41.4 Å². The van der Waals surface area contributed by atoms with Gasteiger partial charge in [-0.3, -0.25) is 15.0 Å². The molecule has 2 aromatic heterocycles. The fourth-order valence-electron chi connectivity index (χ4n) is 3.63. The monoisotopic (exact) mass is 393 g/mol. The summed E-state index contributed by atoms with van der Waals surface area (Å²) in [7, 11) is 0. The molecule has 8 heteroatoms. The van der Waals surface area contributed by atoms with Crippen molar-refractivity contribution < 1.29 is 4.92 Å². The maximum absolute atomic E-state index is 11.0. The molecule has 1 atom stereocenters. The molecule has 0 amide bonds. The lowest BCUT2D eigenvalue weighted by molar-refractivity contribution is -0.384. The van der Waals surface area contributed by atoms with Crippen molar-refractivity contribution in [3.05, 3.63) is 62.3 Å².